The second kappa shape index (κ2) is 10.2. The third-order valence-corrected chi connectivity index (χ3v) is 11.0. The second-order valence-corrected chi connectivity index (χ2v) is 13.8. The van der Waals surface area contributed by atoms with Crippen LogP contribution >= 0.6 is 11.3 Å². The van der Waals surface area contributed by atoms with Crippen molar-refractivity contribution in [2.24, 2.45) is 0 Å². The lowest BCUT2D eigenvalue weighted by atomic mass is 9.93. The summed E-state index contributed by atoms with van der Waals surface area (Å²) in [4.78, 5) is 15.7. The van der Waals surface area contributed by atoms with Gasteiger partial charge in [0.15, 0.2) is 11.6 Å². The molecule has 10 aromatic rings. The maximum absolute atomic E-state index is 6.57. The van der Waals surface area contributed by atoms with E-state index in [0.717, 1.165) is 76.7 Å². The maximum atomic E-state index is 6.57. The van der Waals surface area contributed by atoms with E-state index in [1.807, 2.05) is 24.3 Å². The molecule has 0 N–H and O–H groups in total. The molecule has 0 saturated heterocycles. The molecule has 49 heavy (non-hydrogen) atoms. The summed E-state index contributed by atoms with van der Waals surface area (Å²) in [5.74, 6) is 2.91. The summed E-state index contributed by atoms with van der Waals surface area (Å²) in [7, 11) is 0. The highest BCUT2D eigenvalue weighted by Gasteiger charge is 2.26. The molecule has 230 valence electrons. The fraction of sp³-hybridized carbons (Fsp3) is 0.0465. The van der Waals surface area contributed by atoms with Gasteiger partial charge in [0.05, 0.1) is 4.70 Å². The predicted octanol–water partition coefficient (Wildman–Crippen LogP) is 11.7. The largest absolute Gasteiger partial charge is 0.460 e. The van der Waals surface area contributed by atoms with Crippen LogP contribution in [0.1, 0.15) is 23.1 Å². The van der Waals surface area contributed by atoms with Gasteiger partial charge in [-0.25, -0.2) is 15.0 Å². The quantitative estimate of drug-likeness (QED) is 0.191. The minimum absolute atomic E-state index is 0.0783. The molecule has 6 aromatic carbocycles. The van der Waals surface area contributed by atoms with E-state index < -0.39 is 0 Å². The zero-order valence-corrected chi connectivity index (χ0v) is 26.9. The van der Waals surface area contributed by atoms with E-state index in [9.17, 15) is 0 Å². The lowest BCUT2D eigenvalue weighted by molar-refractivity contribution is 0.527. The van der Waals surface area contributed by atoms with E-state index in [0.29, 0.717) is 18.1 Å². The first-order valence-corrected chi connectivity index (χ1v) is 17.3. The van der Waals surface area contributed by atoms with Crippen LogP contribution in [0.3, 0.4) is 0 Å². The normalized spacial score (nSPS) is 14.6. The van der Waals surface area contributed by atoms with Gasteiger partial charge in [-0.2, -0.15) is 0 Å². The van der Waals surface area contributed by atoms with Crippen LogP contribution in [0.2, 0.25) is 0 Å². The van der Waals surface area contributed by atoms with Crippen LogP contribution < -0.4 is 0 Å². The van der Waals surface area contributed by atoms with Gasteiger partial charge in [-0.15, -0.1) is 11.3 Å². The number of allylic oxidation sites excluding steroid dienone is 1. The highest BCUT2D eigenvalue weighted by atomic mass is 32.1. The zero-order chi connectivity index (χ0) is 32.1. The van der Waals surface area contributed by atoms with Crippen LogP contribution in [-0.4, -0.2) is 15.0 Å². The Labute approximate surface area is 283 Å². The molecule has 0 saturated carbocycles. The highest BCUT2D eigenvalue weighted by molar-refractivity contribution is 7.26. The minimum Gasteiger partial charge on any atom is -0.460 e. The maximum Gasteiger partial charge on any atom is 0.165 e. The Hall–Kier alpha value is -6.11. The third kappa shape index (κ3) is 4.08. The Morgan fingerprint density at radius 3 is 2.24 bits per heavy atom. The monoisotopic (exact) mass is 647 g/mol. The number of thiophene rings is 1. The number of para-hydroxylation sites is 2. The molecule has 0 spiro atoms. The molecule has 11 rings (SSSR count). The Morgan fingerprint density at radius 1 is 0.612 bits per heavy atom. The summed E-state index contributed by atoms with van der Waals surface area (Å²) in [6.07, 6.45) is 5.06. The number of benzene rings is 6. The van der Waals surface area contributed by atoms with E-state index in [1.54, 1.807) is 11.3 Å². The fourth-order valence-corrected chi connectivity index (χ4v) is 8.69. The van der Waals surface area contributed by atoms with Crippen LogP contribution in [0.5, 0.6) is 0 Å². The van der Waals surface area contributed by atoms with E-state index >= 15 is 0 Å². The Kier molecular flexibility index (Phi) is 5.60. The molecule has 1 unspecified atom stereocenters. The van der Waals surface area contributed by atoms with Gasteiger partial charge < -0.3 is 8.83 Å². The highest BCUT2D eigenvalue weighted by Crippen LogP contribution is 2.46. The minimum atomic E-state index is -0.0783. The number of nitrogens with zero attached hydrogens (tertiary/aromatic N) is 3. The van der Waals surface area contributed by atoms with Crippen LogP contribution in [0.4, 0.5) is 0 Å². The molecular weight excluding hydrogens is 623 g/mol. The summed E-state index contributed by atoms with van der Waals surface area (Å²) < 4.78 is 15.2. The average Bonchev–Trinajstić information content (AvgIpc) is 3.85. The molecule has 0 amide bonds. The Morgan fingerprint density at radius 2 is 1.35 bits per heavy atom. The van der Waals surface area contributed by atoms with Crippen molar-refractivity contribution in [3.63, 3.8) is 0 Å². The van der Waals surface area contributed by atoms with Crippen LogP contribution in [0.25, 0.3) is 92.7 Å². The summed E-state index contributed by atoms with van der Waals surface area (Å²) in [5, 5.41) is 7.86. The third-order valence-electron chi connectivity index (χ3n) is 9.83. The smallest absolute Gasteiger partial charge is 0.165 e. The molecule has 4 aromatic heterocycles. The molecule has 0 radical (unpaired) electrons. The van der Waals surface area contributed by atoms with Crippen LogP contribution in [0.15, 0.2) is 136 Å². The van der Waals surface area contributed by atoms with Crippen molar-refractivity contribution in [1.82, 2.24) is 15.0 Å². The average molecular weight is 648 g/mol. The number of furan rings is 2. The zero-order valence-electron chi connectivity index (χ0n) is 26.1. The summed E-state index contributed by atoms with van der Waals surface area (Å²) in [6, 6.07) is 42.1. The summed E-state index contributed by atoms with van der Waals surface area (Å²) in [6.45, 7) is 0. The van der Waals surface area contributed by atoms with Crippen molar-refractivity contribution in [2.45, 2.75) is 12.3 Å². The van der Waals surface area contributed by atoms with E-state index in [4.69, 9.17) is 23.8 Å². The van der Waals surface area contributed by atoms with Gasteiger partial charge in [-0.05, 0) is 41.1 Å². The predicted molar refractivity (Wildman–Crippen MR) is 200 cm³/mol. The van der Waals surface area contributed by atoms with E-state index in [2.05, 4.69) is 109 Å². The topological polar surface area (TPSA) is 65.0 Å². The number of hydrogen-bond donors (Lipinski definition) is 0. The lowest BCUT2D eigenvalue weighted by Gasteiger charge is -2.17. The van der Waals surface area contributed by atoms with Gasteiger partial charge in [-0.3, -0.25) is 0 Å². The number of aromatic nitrogens is 3. The van der Waals surface area contributed by atoms with Crippen molar-refractivity contribution in [3.8, 4) is 22.8 Å². The Balaban J connectivity index is 1.18. The lowest BCUT2D eigenvalue weighted by Crippen LogP contribution is -2.11. The molecule has 1 aliphatic carbocycles. The van der Waals surface area contributed by atoms with Gasteiger partial charge in [0, 0.05) is 60.7 Å². The van der Waals surface area contributed by atoms with Gasteiger partial charge in [0.1, 0.15) is 28.3 Å². The van der Waals surface area contributed by atoms with Crippen molar-refractivity contribution < 1.29 is 8.83 Å². The fourth-order valence-electron chi connectivity index (χ4n) is 7.47. The molecule has 0 aliphatic heterocycles. The Bertz CT molecular complexity index is 3000. The molecule has 5 nitrogen and oxygen atoms in total. The van der Waals surface area contributed by atoms with Gasteiger partial charge >= 0.3 is 0 Å². The first-order chi connectivity index (χ1) is 24.2. The molecule has 6 heteroatoms. The summed E-state index contributed by atoms with van der Waals surface area (Å²) >= 11 is 1.76. The number of hydrogen-bond acceptors (Lipinski definition) is 6. The van der Waals surface area contributed by atoms with Crippen LogP contribution in [0, 0.1) is 0 Å². The van der Waals surface area contributed by atoms with E-state index in [-0.39, 0.29) is 5.92 Å². The van der Waals surface area contributed by atoms with Gasteiger partial charge in [0.2, 0.25) is 0 Å². The van der Waals surface area contributed by atoms with Crippen molar-refractivity contribution in [1.29, 1.82) is 0 Å². The van der Waals surface area contributed by atoms with Crippen LogP contribution in [-0.2, 0) is 6.42 Å². The standard InChI is InChI=1S/C43H25N3O2S/c1-2-10-25-21-26(18-17-24(25)9-1)41-44-42(27-19-20-30-28-11-3-6-14-34(28)47-36(30)22-27)46-43(45-41)33-23-32-29-12-4-7-15-35(29)48-39(32)38-31-13-5-8-16-37(31)49-40(33)38/h1-21,23,27H,22H2. The van der Waals surface area contributed by atoms with Gasteiger partial charge in [-0.1, -0.05) is 103 Å². The van der Waals surface area contributed by atoms with Crippen molar-refractivity contribution in [3.05, 3.63) is 145 Å². The SMILES string of the molecule is C1=CC(c2nc(-c3ccc4ccccc4c3)nc(-c3cc4c5ccccc5oc4c4c3sc3ccccc34)n2)Cc2oc3ccccc3c21. The molecule has 1 atom stereocenters. The van der Waals surface area contributed by atoms with E-state index in [1.165, 1.54) is 15.5 Å². The number of rotatable bonds is 3. The van der Waals surface area contributed by atoms with Crippen molar-refractivity contribution >= 4 is 81.3 Å². The number of fused-ring (bicyclic) bond motifs is 11. The van der Waals surface area contributed by atoms with Gasteiger partial charge in [0.25, 0.3) is 0 Å². The molecule has 0 bridgehead atoms. The molecule has 0 fully saturated rings. The summed E-state index contributed by atoms with van der Waals surface area (Å²) in [5.41, 5.74) is 5.74. The molecule has 4 heterocycles. The van der Waals surface area contributed by atoms with Crippen molar-refractivity contribution in [2.75, 3.05) is 0 Å². The molecular formula is C43H25N3O2S. The first-order valence-electron chi connectivity index (χ1n) is 16.4. The second-order valence-electron chi connectivity index (χ2n) is 12.7. The molecule has 1 aliphatic rings. The first kappa shape index (κ1) is 26.9.